The molecule has 1 aromatic carbocycles. The van der Waals surface area contributed by atoms with E-state index in [9.17, 15) is 9.59 Å². The van der Waals surface area contributed by atoms with E-state index in [4.69, 9.17) is 5.73 Å². The minimum atomic E-state index is -0.554. The highest BCUT2D eigenvalue weighted by Crippen LogP contribution is 2.15. The number of nitrogens with two attached hydrogens (primary N) is 1. The third kappa shape index (κ3) is 6.45. The molecule has 0 saturated heterocycles. The average molecular weight is 328 g/mol. The lowest BCUT2D eigenvalue weighted by atomic mass is 10.1. The van der Waals surface area contributed by atoms with Gasteiger partial charge >= 0.3 is 0 Å². The van der Waals surface area contributed by atoms with Gasteiger partial charge in [0.2, 0.25) is 5.91 Å². The van der Waals surface area contributed by atoms with Crippen LogP contribution in [0.1, 0.15) is 44.0 Å². The molecule has 4 N–H and O–H groups in total. The molecule has 0 aromatic heterocycles. The molecule has 0 radical (unpaired) electrons. The van der Waals surface area contributed by atoms with Crippen molar-refractivity contribution >= 4 is 29.9 Å². The molecule has 1 atom stereocenters. The Labute approximate surface area is 138 Å². The molecule has 0 aliphatic rings. The van der Waals surface area contributed by atoms with Gasteiger partial charge in [-0.1, -0.05) is 39.3 Å². The highest BCUT2D eigenvalue weighted by atomic mass is 35.5. The third-order valence-electron chi connectivity index (χ3n) is 3.04. The van der Waals surface area contributed by atoms with Gasteiger partial charge in [-0.05, 0) is 24.5 Å². The van der Waals surface area contributed by atoms with Crippen LogP contribution in [0.15, 0.2) is 24.3 Å². The van der Waals surface area contributed by atoms with Crippen LogP contribution in [0.3, 0.4) is 0 Å². The molecular weight excluding hydrogens is 302 g/mol. The molecule has 0 saturated carbocycles. The highest BCUT2D eigenvalue weighted by Gasteiger charge is 2.16. The van der Waals surface area contributed by atoms with Gasteiger partial charge in [-0.15, -0.1) is 12.4 Å². The van der Waals surface area contributed by atoms with Crippen molar-refractivity contribution in [3.8, 4) is 0 Å². The number of hydrogen-bond acceptors (Lipinski definition) is 3. The maximum absolute atomic E-state index is 12.2. The molecule has 0 bridgehead atoms. The van der Waals surface area contributed by atoms with Gasteiger partial charge < -0.3 is 16.4 Å². The molecular formula is C16H26ClN3O2. The van der Waals surface area contributed by atoms with Gasteiger partial charge in [-0.2, -0.15) is 0 Å². The summed E-state index contributed by atoms with van der Waals surface area (Å²) in [6, 6.07) is 6.39. The number of para-hydroxylation sites is 1. The Balaban J connectivity index is 0.00000441. The van der Waals surface area contributed by atoms with E-state index in [1.807, 2.05) is 20.8 Å². The molecule has 0 heterocycles. The number of halogens is 1. The van der Waals surface area contributed by atoms with Crippen molar-refractivity contribution in [1.29, 1.82) is 0 Å². The van der Waals surface area contributed by atoms with Gasteiger partial charge in [0, 0.05) is 6.54 Å². The van der Waals surface area contributed by atoms with Crippen molar-refractivity contribution in [2.75, 3.05) is 11.9 Å². The number of hydrogen-bond donors (Lipinski definition) is 3. The minimum Gasteiger partial charge on any atom is -0.352 e. The fraction of sp³-hybridized carbons (Fsp3) is 0.500. The second-order valence-corrected chi connectivity index (χ2v) is 5.53. The molecule has 0 fully saturated rings. The Morgan fingerprint density at radius 1 is 1.23 bits per heavy atom. The second-order valence-electron chi connectivity index (χ2n) is 5.53. The van der Waals surface area contributed by atoms with Gasteiger partial charge in [0.15, 0.2) is 0 Å². The number of nitrogens with one attached hydrogen (secondary N) is 2. The van der Waals surface area contributed by atoms with Gasteiger partial charge in [0.25, 0.3) is 5.91 Å². The normalized spacial score (nSPS) is 11.5. The van der Waals surface area contributed by atoms with Crippen molar-refractivity contribution in [1.82, 2.24) is 5.32 Å². The predicted molar refractivity (Wildman–Crippen MR) is 92.4 cm³/mol. The molecule has 0 spiro atoms. The number of rotatable bonds is 7. The zero-order valence-electron chi connectivity index (χ0n) is 13.4. The minimum absolute atomic E-state index is 0. The van der Waals surface area contributed by atoms with Crippen LogP contribution in [0.4, 0.5) is 5.69 Å². The van der Waals surface area contributed by atoms with Crippen LogP contribution >= 0.6 is 12.4 Å². The molecule has 124 valence electrons. The lowest BCUT2D eigenvalue weighted by Crippen LogP contribution is -2.36. The zero-order valence-corrected chi connectivity index (χ0v) is 14.2. The smallest absolute Gasteiger partial charge is 0.253 e. The zero-order chi connectivity index (χ0) is 15.8. The lowest BCUT2D eigenvalue weighted by molar-refractivity contribution is -0.117. The number of anilines is 1. The van der Waals surface area contributed by atoms with E-state index >= 15 is 0 Å². The molecule has 2 amide bonds. The van der Waals surface area contributed by atoms with E-state index < -0.39 is 6.04 Å². The first-order valence-electron chi connectivity index (χ1n) is 7.39. The van der Waals surface area contributed by atoms with Crippen LogP contribution in [0.5, 0.6) is 0 Å². The highest BCUT2D eigenvalue weighted by molar-refractivity contribution is 6.04. The van der Waals surface area contributed by atoms with Gasteiger partial charge in [0.1, 0.15) is 0 Å². The summed E-state index contributed by atoms with van der Waals surface area (Å²) in [4.78, 5) is 24.1. The fourth-order valence-corrected chi connectivity index (χ4v) is 1.85. The van der Waals surface area contributed by atoms with Gasteiger partial charge in [0.05, 0.1) is 17.3 Å². The Kier molecular flexibility index (Phi) is 9.45. The monoisotopic (exact) mass is 327 g/mol. The SMILES string of the molecule is CCCC(N)C(=O)Nc1ccccc1C(=O)NCC(C)C.Cl. The first-order valence-corrected chi connectivity index (χ1v) is 7.39. The molecule has 6 heteroatoms. The van der Waals surface area contributed by atoms with Crippen LogP contribution in [0.25, 0.3) is 0 Å². The van der Waals surface area contributed by atoms with E-state index in [1.165, 1.54) is 0 Å². The Morgan fingerprint density at radius 3 is 2.45 bits per heavy atom. The van der Waals surface area contributed by atoms with E-state index in [0.717, 1.165) is 6.42 Å². The quantitative estimate of drug-likeness (QED) is 0.719. The van der Waals surface area contributed by atoms with E-state index in [0.29, 0.717) is 30.1 Å². The molecule has 1 unspecified atom stereocenters. The van der Waals surface area contributed by atoms with E-state index in [2.05, 4.69) is 10.6 Å². The summed E-state index contributed by atoms with van der Waals surface area (Å²) in [6.07, 6.45) is 1.46. The average Bonchev–Trinajstić information content (AvgIpc) is 2.45. The molecule has 22 heavy (non-hydrogen) atoms. The Hall–Kier alpha value is -1.59. The van der Waals surface area contributed by atoms with Gasteiger partial charge in [-0.3, -0.25) is 9.59 Å². The summed E-state index contributed by atoms with van der Waals surface area (Å²) >= 11 is 0. The summed E-state index contributed by atoms with van der Waals surface area (Å²) in [5.41, 5.74) is 6.74. The third-order valence-corrected chi connectivity index (χ3v) is 3.04. The maximum Gasteiger partial charge on any atom is 0.253 e. The maximum atomic E-state index is 12.2. The topological polar surface area (TPSA) is 84.2 Å². The molecule has 0 aliphatic heterocycles. The number of amides is 2. The van der Waals surface area contributed by atoms with Crippen molar-refractivity contribution in [3.63, 3.8) is 0 Å². The first kappa shape index (κ1) is 20.4. The summed E-state index contributed by atoms with van der Waals surface area (Å²) in [5.74, 6) is -0.0849. The first-order chi connectivity index (χ1) is 9.95. The molecule has 5 nitrogen and oxygen atoms in total. The van der Waals surface area contributed by atoms with E-state index in [-0.39, 0.29) is 24.2 Å². The van der Waals surface area contributed by atoms with Crippen LogP contribution in [0.2, 0.25) is 0 Å². The fourth-order valence-electron chi connectivity index (χ4n) is 1.85. The summed E-state index contributed by atoms with van der Waals surface area (Å²) in [7, 11) is 0. The number of carbonyl (C=O) groups is 2. The standard InChI is InChI=1S/C16H25N3O2.ClH/c1-4-7-13(17)16(21)19-14-9-6-5-8-12(14)15(20)18-10-11(2)3;/h5-6,8-9,11,13H,4,7,10,17H2,1-3H3,(H,18,20)(H,19,21);1H. The van der Waals surface area contributed by atoms with Crippen LogP contribution in [-0.4, -0.2) is 24.4 Å². The lowest BCUT2D eigenvalue weighted by Gasteiger charge is -2.15. The van der Waals surface area contributed by atoms with Crippen molar-refractivity contribution in [2.24, 2.45) is 11.7 Å². The molecule has 1 aromatic rings. The predicted octanol–water partition coefficient (Wildman–Crippen LogP) is 2.56. The summed E-state index contributed by atoms with van der Waals surface area (Å²) in [5, 5.41) is 5.58. The van der Waals surface area contributed by atoms with Crippen LogP contribution in [-0.2, 0) is 4.79 Å². The Bertz CT molecular complexity index is 492. The van der Waals surface area contributed by atoms with Crippen molar-refractivity contribution < 1.29 is 9.59 Å². The molecule has 1 rings (SSSR count). The summed E-state index contributed by atoms with van der Waals surface area (Å²) < 4.78 is 0. The number of carbonyl (C=O) groups excluding carboxylic acids is 2. The van der Waals surface area contributed by atoms with Crippen LogP contribution < -0.4 is 16.4 Å². The largest absolute Gasteiger partial charge is 0.352 e. The van der Waals surface area contributed by atoms with Crippen LogP contribution in [0, 0.1) is 5.92 Å². The van der Waals surface area contributed by atoms with E-state index in [1.54, 1.807) is 24.3 Å². The molecule has 0 aliphatic carbocycles. The second kappa shape index (κ2) is 10.2. The van der Waals surface area contributed by atoms with Gasteiger partial charge in [-0.25, -0.2) is 0 Å². The Morgan fingerprint density at radius 2 is 1.86 bits per heavy atom. The summed E-state index contributed by atoms with van der Waals surface area (Å²) in [6.45, 7) is 6.62. The number of benzene rings is 1. The van der Waals surface area contributed by atoms with Crippen molar-refractivity contribution in [2.45, 2.75) is 39.7 Å². The van der Waals surface area contributed by atoms with Crippen molar-refractivity contribution in [3.05, 3.63) is 29.8 Å².